The van der Waals surface area contributed by atoms with Crippen LogP contribution in [0.15, 0.2) is 24.3 Å². The summed E-state index contributed by atoms with van der Waals surface area (Å²) in [5.41, 5.74) is 0. The van der Waals surface area contributed by atoms with Crippen LogP contribution in [0, 0.1) is 0 Å². The predicted octanol–water partition coefficient (Wildman–Crippen LogP) is 9.80. The zero-order chi connectivity index (χ0) is 35.1. The summed E-state index contributed by atoms with van der Waals surface area (Å²) < 4.78 is 23.4. The van der Waals surface area contributed by atoms with Crippen molar-refractivity contribution in [3.05, 3.63) is 24.3 Å². The number of carbonyl (C=O) groups excluding carboxylic acids is 1. The highest BCUT2D eigenvalue weighted by Crippen LogP contribution is 2.43. The molecule has 0 aliphatic heterocycles. The predicted molar refractivity (Wildman–Crippen MR) is 198 cm³/mol. The number of quaternary nitrogens is 1. The van der Waals surface area contributed by atoms with Crippen molar-refractivity contribution in [2.75, 3.05) is 40.9 Å². The van der Waals surface area contributed by atoms with Crippen molar-refractivity contribution in [1.82, 2.24) is 5.32 Å². The number of unbranched alkanes of at least 4 members (excludes halogenated alkanes) is 20. The Bertz CT molecular complexity index is 829. The van der Waals surface area contributed by atoms with E-state index in [1.165, 1.54) is 109 Å². The first-order chi connectivity index (χ1) is 22.5. The summed E-state index contributed by atoms with van der Waals surface area (Å²) in [6.45, 7) is 4.74. The fourth-order valence-corrected chi connectivity index (χ4v) is 6.07. The van der Waals surface area contributed by atoms with Gasteiger partial charge in [-0.2, -0.15) is 0 Å². The zero-order valence-electron chi connectivity index (χ0n) is 31.3. The van der Waals surface area contributed by atoms with E-state index in [2.05, 4.69) is 25.2 Å². The van der Waals surface area contributed by atoms with Gasteiger partial charge in [0.15, 0.2) is 0 Å². The van der Waals surface area contributed by atoms with Crippen LogP contribution in [-0.4, -0.2) is 73.4 Å². The number of aliphatic hydroxyl groups is 1. The Morgan fingerprint density at radius 2 is 1.19 bits per heavy atom. The maximum atomic E-state index is 12.8. The highest BCUT2D eigenvalue weighted by molar-refractivity contribution is 7.47. The molecule has 0 aromatic heterocycles. The molecular weight excluding hydrogens is 611 g/mol. The van der Waals surface area contributed by atoms with Gasteiger partial charge in [0.25, 0.3) is 0 Å². The number of amides is 1. The molecule has 0 aliphatic carbocycles. The number of carbonyl (C=O) groups is 1. The lowest BCUT2D eigenvalue weighted by Gasteiger charge is -2.25. The van der Waals surface area contributed by atoms with Crippen molar-refractivity contribution in [2.24, 2.45) is 0 Å². The largest absolute Gasteiger partial charge is 0.472 e. The minimum Gasteiger partial charge on any atom is -0.387 e. The molecule has 0 aromatic carbocycles. The van der Waals surface area contributed by atoms with Gasteiger partial charge in [-0.25, -0.2) is 4.57 Å². The van der Waals surface area contributed by atoms with E-state index in [1.54, 1.807) is 12.2 Å². The highest BCUT2D eigenvalue weighted by Gasteiger charge is 2.27. The van der Waals surface area contributed by atoms with Crippen molar-refractivity contribution >= 4 is 13.7 Å². The van der Waals surface area contributed by atoms with Crippen LogP contribution in [0.4, 0.5) is 0 Å². The van der Waals surface area contributed by atoms with Crippen LogP contribution in [0.2, 0.25) is 0 Å². The number of aliphatic hydroxyl groups excluding tert-OH is 1. The lowest BCUT2D eigenvalue weighted by atomic mass is 10.0. The number of hydrogen-bond donors (Lipinski definition) is 3. The number of nitrogens with zero attached hydrogens (tertiary/aromatic N) is 1. The third-order valence-corrected chi connectivity index (χ3v) is 9.46. The smallest absolute Gasteiger partial charge is 0.387 e. The van der Waals surface area contributed by atoms with E-state index in [1.807, 2.05) is 27.2 Å². The van der Waals surface area contributed by atoms with Crippen molar-refractivity contribution in [3.63, 3.8) is 0 Å². The first kappa shape index (κ1) is 46.0. The second kappa shape index (κ2) is 31.0. The normalized spacial score (nSPS) is 15.0. The van der Waals surface area contributed by atoms with Gasteiger partial charge in [0.1, 0.15) is 13.2 Å². The number of phosphoric acid groups is 1. The number of likely N-dealkylation sites (N-methyl/N-ethyl adjacent to an activating group) is 1. The van der Waals surface area contributed by atoms with Crippen molar-refractivity contribution < 1.29 is 32.9 Å². The monoisotopic (exact) mass is 688 g/mol. The first-order valence-electron chi connectivity index (χ1n) is 19.2. The number of allylic oxidation sites excluding steroid dienone is 3. The van der Waals surface area contributed by atoms with E-state index in [0.29, 0.717) is 17.4 Å². The Balaban J connectivity index is 4.56. The molecule has 0 bridgehead atoms. The summed E-state index contributed by atoms with van der Waals surface area (Å²) in [5.74, 6) is -0.196. The van der Waals surface area contributed by atoms with Gasteiger partial charge in [0, 0.05) is 6.42 Å². The van der Waals surface area contributed by atoms with Gasteiger partial charge in [0.2, 0.25) is 5.91 Å². The average molecular weight is 688 g/mol. The van der Waals surface area contributed by atoms with Crippen LogP contribution < -0.4 is 5.32 Å². The van der Waals surface area contributed by atoms with Crippen LogP contribution in [0.1, 0.15) is 162 Å². The molecule has 8 nitrogen and oxygen atoms in total. The Labute approximate surface area is 290 Å². The Hall–Kier alpha value is -1.02. The van der Waals surface area contributed by atoms with E-state index in [9.17, 15) is 19.4 Å². The van der Waals surface area contributed by atoms with E-state index in [-0.39, 0.29) is 19.1 Å². The maximum Gasteiger partial charge on any atom is 0.472 e. The molecule has 0 rings (SSSR count). The van der Waals surface area contributed by atoms with Gasteiger partial charge in [-0.05, 0) is 19.3 Å². The number of rotatable bonds is 34. The Kier molecular flexibility index (Phi) is 30.3. The summed E-state index contributed by atoms with van der Waals surface area (Å²) in [6, 6.07) is -0.871. The Morgan fingerprint density at radius 3 is 1.68 bits per heavy atom. The van der Waals surface area contributed by atoms with E-state index < -0.39 is 20.0 Å². The second-order valence-corrected chi connectivity index (χ2v) is 15.8. The standard InChI is InChI=1S/C38H75N2O6P/c1-6-8-10-12-14-16-18-19-20-22-24-26-28-30-32-38(42)39-36(35-46-47(43,44)45-34-33-40(3,4)5)37(41)31-29-27-25-23-21-17-15-13-11-9-7-2/h25,27,29,31,36-37,41H,6-24,26,28,30,32-35H2,1-5H3,(H-,39,42,43,44)/p+1/b27-25+,31-29+/t36-,37+/m0/s1. The van der Waals surface area contributed by atoms with Crippen LogP contribution in [0.3, 0.4) is 0 Å². The molecule has 0 saturated carbocycles. The molecule has 0 saturated heterocycles. The summed E-state index contributed by atoms with van der Waals surface area (Å²) >= 11 is 0. The molecule has 1 unspecified atom stereocenters. The van der Waals surface area contributed by atoms with Gasteiger partial charge in [-0.15, -0.1) is 0 Å². The van der Waals surface area contributed by atoms with Crippen molar-refractivity contribution in [2.45, 2.75) is 174 Å². The molecule has 3 atom stereocenters. The third-order valence-electron chi connectivity index (χ3n) is 8.48. The van der Waals surface area contributed by atoms with Gasteiger partial charge in [0.05, 0.1) is 39.9 Å². The fourth-order valence-electron chi connectivity index (χ4n) is 5.33. The summed E-state index contributed by atoms with van der Waals surface area (Å²) in [4.78, 5) is 22.9. The topological polar surface area (TPSA) is 105 Å². The lowest BCUT2D eigenvalue weighted by Crippen LogP contribution is -2.45. The molecule has 1 amide bonds. The molecule has 278 valence electrons. The number of nitrogens with one attached hydrogen (secondary N) is 1. The first-order valence-corrected chi connectivity index (χ1v) is 20.7. The van der Waals surface area contributed by atoms with E-state index >= 15 is 0 Å². The molecule has 9 heteroatoms. The summed E-state index contributed by atoms with van der Waals surface area (Å²) in [7, 11) is 1.55. The minimum atomic E-state index is -4.34. The van der Waals surface area contributed by atoms with Crippen LogP contribution in [0.5, 0.6) is 0 Å². The molecule has 0 radical (unpaired) electrons. The number of hydrogen-bond acceptors (Lipinski definition) is 5. The molecule has 0 heterocycles. The minimum absolute atomic E-state index is 0.0550. The van der Waals surface area contributed by atoms with E-state index in [4.69, 9.17) is 9.05 Å². The summed E-state index contributed by atoms with van der Waals surface area (Å²) in [6.07, 6.45) is 33.9. The number of phosphoric ester groups is 1. The summed E-state index contributed by atoms with van der Waals surface area (Å²) in [5, 5.41) is 13.7. The quantitative estimate of drug-likeness (QED) is 0.0269. The molecular formula is C38H76N2O6P+. The van der Waals surface area contributed by atoms with E-state index in [0.717, 1.165) is 32.1 Å². The van der Waals surface area contributed by atoms with Gasteiger partial charge < -0.3 is 19.8 Å². The average Bonchev–Trinajstić information content (AvgIpc) is 3.01. The lowest BCUT2D eigenvalue weighted by molar-refractivity contribution is -0.870. The SMILES string of the molecule is CCCCCCCCC/C=C/C=C/[C@@H](O)[C@H](COP(=O)(O)OCC[N+](C)(C)C)NC(=O)CCCCCCCCCCCCCCCC. The fraction of sp³-hybridized carbons (Fsp3) is 0.868. The van der Waals surface area contributed by atoms with Crippen LogP contribution in [0.25, 0.3) is 0 Å². The Morgan fingerprint density at radius 1 is 0.723 bits per heavy atom. The van der Waals surface area contributed by atoms with Gasteiger partial charge >= 0.3 is 7.82 Å². The second-order valence-electron chi connectivity index (χ2n) is 14.3. The van der Waals surface area contributed by atoms with Gasteiger partial charge in [-0.1, -0.05) is 160 Å². The molecule has 47 heavy (non-hydrogen) atoms. The molecule has 0 fully saturated rings. The molecule has 0 aliphatic rings. The van der Waals surface area contributed by atoms with Crippen LogP contribution >= 0.6 is 7.82 Å². The highest BCUT2D eigenvalue weighted by atomic mass is 31.2. The molecule has 0 spiro atoms. The zero-order valence-corrected chi connectivity index (χ0v) is 32.2. The van der Waals surface area contributed by atoms with Crippen molar-refractivity contribution in [1.29, 1.82) is 0 Å². The maximum absolute atomic E-state index is 12.8. The molecule has 0 aromatic rings. The van der Waals surface area contributed by atoms with Crippen LogP contribution in [-0.2, 0) is 18.4 Å². The van der Waals surface area contributed by atoms with Gasteiger partial charge in [-0.3, -0.25) is 13.8 Å². The van der Waals surface area contributed by atoms with Crippen molar-refractivity contribution in [3.8, 4) is 0 Å². The molecule has 3 N–H and O–H groups in total. The third kappa shape index (κ3) is 33.3.